The minimum absolute atomic E-state index is 0.351. The van der Waals surface area contributed by atoms with Crippen LogP contribution < -0.4 is 15.3 Å². The Hall–Kier alpha value is -2.26. The molecular formula is C24H30BNO3P. The van der Waals surface area contributed by atoms with Crippen LogP contribution in [0.25, 0.3) is 0 Å². The van der Waals surface area contributed by atoms with Gasteiger partial charge in [0.25, 0.3) is 0 Å². The Morgan fingerprint density at radius 1 is 1.03 bits per heavy atom. The first-order chi connectivity index (χ1) is 14.3. The number of carbonyl (C=O) groups is 1. The predicted octanol–water partition coefficient (Wildman–Crippen LogP) is 5.01. The number of para-hydroxylation sites is 1. The van der Waals surface area contributed by atoms with Gasteiger partial charge in [0.15, 0.2) is 5.75 Å². The minimum atomic E-state index is -2.65. The van der Waals surface area contributed by atoms with Crippen molar-refractivity contribution in [1.82, 2.24) is 4.90 Å². The van der Waals surface area contributed by atoms with Gasteiger partial charge in [-0.05, 0) is 70.4 Å². The molecule has 157 valence electrons. The summed E-state index contributed by atoms with van der Waals surface area (Å²) in [6.45, 7) is 6.23. The summed E-state index contributed by atoms with van der Waals surface area (Å²) in [6.07, 6.45) is 4.56. The Bertz CT molecular complexity index is 910. The van der Waals surface area contributed by atoms with Gasteiger partial charge in [-0.2, -0.15) is 0 Å². The maximum atomic E-state index is 13.2. The van der Waals surface area contributed by atoms with E-state index < -0.39 is 12.7 Å². The van der Waals surface area contributed by atoms with E-state index in [-0.39, 0.29) is 6.09 Å². The molecule has 1 heterocycles. The fraction of sp³-hybridized carbons (Fsp3) is 0.375. The SMILES string of the molecule is [B-][P+](C1=CCCCCN1C(=O)OC(C)(C)C)(c1ccccc1)c1ccccc1OC. The summed E-state index contributed by atoms with van der Waals surface area (Å²) >= 11 is 0. The monoisotopic (exact) mass is 422 g/mol. The van der Waals surface area contributed by atoms with Crippen molar-refractivity contribution >= 4 is 31.4 Å². The number of hydrogen-bond donors (Lipinski definition) is 0. The number of nitrogens with zero attached hydrogens (tertiary/aromatic N) is 1. The van der Waals surface area contributed by atoms with Crippen LogP contribution in [0.1, 0.15) is 40.0 Å². The maximum absolute atomic E-state index is 13.2. The predicted molar refractivity (Wildman–Crippen MR) is 126 cm³/mol. The van der Waals surface area contributed by atoms with Crippen molar-refractivity contribution in [2.45, 2.75) is 45.6 Å². The molecule has 0 N–H and O–H groups in total. The third kappa shape index (κ3) is 4.73. The maximum Gasteiger partial charge on any atom is 0.417 e. The molecule has 1 unspecified atom stereocenters. The fourth-order valence-electron chi connectivity index (χ4n) is 3.69. The van der Waals surface area contributed by atoms with E-state index >= 15 is 0 Å². The Morgan fingerprint density at radius 3 is 2.37 bits per heavy atom. The lowest BCUT2D eigenvalue weighted by molar-refractivity contribution is 0.0328. The third-order valence-corrected chi connectivity index (χ3v) is 8.43. The van der Waals surface area contributed by atoms with E-state index in [4.69, 9.17) is 17.0 Å². The zero-order valence-corrected chi connectivity index (χ0v) is 19.2. The first-order valence-corrected chi connectivity index (χ1v) is 12.2. The van der Waals surface area contributed by atoms with Gasteiger partial charge in [0.2, 0.25) is 0 Å². The van der Waals surface area contributed by atoms with Crippen LogP contribution in [0.3, 0.4) is 0 Å². The number of ether oxygens (including phenoxy) is 2. The molecule has 1 aliphatic rings. The highest BCUT2D eigenvalue weighted by Crippen LogP contribution is 2.62. The highest BCUT2D eigenvalue weighted by atomic mass is 31.2. The van der Waals surface area contributed by atoms with Crippen LogP contribution in [-0.2, 0) is 4.74 Å². The molecule has 0 fully saturated rings. The molecule has 1 aliphatic heterocycles. The summed E-state index contributed by atoms with van der Waals surface area (Å²) in [5, 5.41) is 1.91. The normalized spacial score (nSPS) is 16.8. The lowest BCUT2D eigenvalue weighted by Crippen LogP contribution is -2.40. The summed E-state index contributed by atoms with van der Waals surface area (Å²) in [5.74, 6) is 0.728. The lowest BCUT2D eigenvalue weighted by Gasteiger charge is -2.42. The molecule has 30 heavy (non-hydrogen) atoms. The molecular weight excluding hydrogens is 392 g/mol. The lowest BCUT2D eigenvalue weighted by atomic mass is 10.2. The van der Waals surface area contributed by atoms with Gasteiger partial charge in [-0.15, -0.1) is 7.14 Å². The summed E-state index contributed by atoms with van der Waals surface area (Å²) in [4.78, 5) is 15.0. The van der Waals surface area contributed by atoms with Gasteiger partial charge in [-0.3, -0.25) is 12.5 Å². The molecule has 4 nitrogen and oxygen atoms in total. The van der Waals surface area contributed by atoms with E-state index in [0.29, 0.717) is 6.54 Å². The minimum Gasteiger partial charge on any atom is -0.493 e. The molecule has 0 saturated carbocycles. The number of benzene rings is 2. The standard InChI is InChI=1S/C24H30BNO3P/c1-24(2,3)29-23(27)26-18-12-6-9-17-22(26)30(25,19-13-7-5-8-14-19)21-16-11-10-15-20(21)28-4/h5,7-8,10-11,13-17H,6,9,12,18H2,1-4H3. The van der Waals surface area contributed by atoms with Crippen LogP contribution in [0, 0.1) is 0 Å². The van der Waals surface area contributed by atoms with Gasteiger partial charge in [-0.1, -0.05) is 30.3 Å². The Labute approximate surface area is 182 Å². The van der Waals surface area contributed by atoms with Crippen LogP contribution >= 0.6 is 7.14 Å². The number of methoxy groups -OCH3 is 1. The van der Waals surface area contributed by atoms with E-state index in [1.54, 1.807) is 12.0 Å². The summed E-state index contributed by atoms with van der Waals surface area (Å²) in [5.41, 5.74) is 0.256. The molecule has 2 aromatic rings. The molecule has 1 amide bonds. The van der Waals surface area contributed by atoms with E-state index in [1.165, 1.54) is 0 Å². The quantitative estimate of drug-likeness (QED) is 0.514. The van der Waals surface area contributed by atoms with Gasteiger partial charge in [0, 0.05) is 6.54 Å². The largest absolute Gasteiger partial charge is 0.493 e. The first-order valence-electron chi connectivity index (χ1n) is 10.4. The zero-order valence-electron chi connectivity index (χ0n) is 18.3. The van der Waals surface area contributed by atoms with Crippen molar-refractivity contribution in [3.8, 4) is 5.75 Å². The van der Waals surface area contributed by atoms with E-state index in [1.807, 2.05) is 75.4 Å². The molecule has 3 radical (unpaired) electrons. The van der Waals surface area contributed by atoms with Gasteiger partial charge in [-0.25, -0.2) is 4.79 Å². The van der Waals surface area contributed by atoms with Crippen molar-refractivity contribution in [3.63, 3.8) is 0 Å². The molecule has 3 rings (SSSR count). The molecule has 0 bridgehead atoms. The van der Waals surface area contributed by atoms with Crippen LogP contribution in [0.4, 0.5) is 4.79 Å². The van der Waals surface area contributed by atoms with Gasteiger partial charge < -0.3 is 9.47 Å². The van der Waals surface area contributed by atoms with Gasteiger partial charge >= 0.3 is 6.09 Å². The van der Waals surface area contributed by atoms with Crippen molar-refractivity contribution in [2.24, 2.45) is 0 Å². The molecule has 0 saturated heterocycles. The second kappa shape index (κ2) is 9.26. The van der Waals surface area contributed by atoms with Gasteiger partial charge in [0.1, 0.15) is 11.0 Å². The van der Waals surface area contributed by atoms with Crippen molar-refractivity contribution in [2.75, 3.05) is 13.7 Å². The summed E-state index contributed by atoms with van der Waals surface area (Å²) < 4.78 is 11.5. The molecule has 1 atom stereocenters. The summed E-state index contributed by atoms with van der Waals surface area (Å²) in [7, 11) is 6.37. The van der Waals surface area contributed by atoms with E-state index in [9.17, 15) is 4.79 Å². The number of allylic oxidation sites excluding steroid dienone is 1. The van der Waals surface area contributed by atoms with Crippen LogP contribution in [0.5, 0.6) is 5.75 Å². The van der Waals surface area contributed by atoms with Crippen LogP contribution in [0.2, 0.25) is 0 Å². The number of rotatable bonds is 4. The Balaban J connectivity index is 2.21. The molecule has 0 aromatic heterocycles. The average molecular weight is 422 g/mol. The zero-order chi connectivity index (χ0) is 21.8. The topological polar surface area (TPSA) is 38.8 Å². The van der Waals surface area contributed by atoms with Gasteiger partial charge in [0.05, 0.1) is 17.7 Å². The smallest absolute Gasteiger partial charge is 0.417 e. The van der Waals surface area contributed by atoms with Crippen molar-refractivity contribution < 1.29 is 14.3 Å². The second-order valence-electron chi connectivity index (χ2n) is 8.42. The van der Waals surface area contributed by atoms with Crippen LogP contribution in [-0.4, -0.2) is 37.8 Å². The number of hydrogen-bond acceptors (Lipinski definition) is 3. The van der Waals surface area contributed by atoms with E-state index in [0.717, 1.165) is 41.1 Å². The first kappa shape index (κ1) is 22.4. The fourth-order valence-corrected chi connectivity index (χ4v) is 6.93. The summed E-state index contributed by atoms with van der Waals surface area (Å²) in [6, 6.07) is 17.9. The highest BCUT2D eigenvalue weighted by Gasteiger charge is 2.39. The van der Waals surface area contributed by atoms with Crippen molar-refractivity contribution in [3.05, 3.63) is 66.1 Å². The number of carbonyl (C=O) groups excluding carboxylic acids is 1. The Kier molecular flexibility index (Phi) is 6.93. The average Bonchev–Trinajstić information content (AvgIpc) is 2.99. The highest BCUT2D eigenvalue weighted by molar-refractivity contribution is 8.11. The number of amides is 1. The second-order valence-corrected chi connectivity index (χ2v) is 11.3. The van der Waals surface area contributed by atoms with Crippen LogP contribution in [0.15, 0.2) is 66.1 Å². The Morgan fingerprint density at radius 2 is 1.70 bits per heavy atom. The molecule has 0 aliphatic carbocycles. The molecule has 2 aromatic carbocycles. The van der Waals surface area contributed by atoms with E-state index in [2.05, 4.69) is 6.08 Å². The third-order valence-electron chi connectivity index (χ3n) is 5.04. The molecule has 0 spiro atoms. The van der Waals surface area contributed by atoms with Crippen molar-refractivity contribution in [1.29, 1.82) is 0 Å². The molecule has 6 heteroatoms.